The Morgan fingerprint density at radius 1 is 1.28 bits per heavy atom. The smallest absolute Gasteiger partial charge is 0.410 e. The first-order valence-electron chi connectivity index (χ1n) is 10.9. The van der Waals surface area contributed by atoms with Crippen molar-refractivity contribution in [3.8, 4) is 0 Å². The Kier molecular flexibility index (Phi) is 9.17. The van der Waals surface area contributed by atoms with Crippen LogP contribution in [0.15, 0.2) is 17.4 Å². The molecular weight excluding hydrogens is 525 g/mol. The third-order valence-electron chi connectivity index (χ3n) is 5.45. The van der Waals surface area contributed by atoms with Gasteiger partial charge in [0, 0.05) is 53.0 Å². The van der Waals surface area contributed by atoms with Gasteiger partial charge in [0.2, 0.25) is 5.91 Å². The first-order chi connectivity index (χ1) is 14.7. The van der Waals surface area contributed by atoms with Crippen molar-refractivity contribution in [2.24, 2.45) is 18.0 Å². The minimum atomic E-state index is -0.491. The van der Waals surface area contributed by atoms with Crippen molar-refractivity contribution in [3.63, 3.8) is 0 Å². The second kappa shape index (κ2) is 11.2. The monoisotopic (exact) mass is 561 g/mol. The molecule has 0 radical (unpaired) electrons. The van der Waals surface area contributed by atoms with Crippen molar-refractivity contribution in [1.82, 2.24) is 24.9 Å². The summed E-state index contributed by atoms with van der Waals surface area (Å²) in [7, 11) is 3.57. The predicted molar refractivity (Wildman–Crippen MR) is 134 cm³/mol. The fourth-order valence-corrected chi connectivity index (χ4v) is 3.97. The zero-order valence-corrected chi connectivity index (χ0v) is 22.0. The van der Waals surface area contributed by atoms with Gasteiger partial charge in [0.15, 0.2) is 5.96 Å². The van der Waals surface area contributed by atoms with Gasteiger partial charge in [0.25, 0.3) is 0 Å². The number of carbonyl (C=O) groups excluding carboxylic acids is 2. The summed E-state index contributed by atoms with van der Waals surface area (Å²) in [6, 6.07) is 0. The van der Waals surface area contributed by atoms with Gasteiger partial charge in [-0.3, -0.25) is 14.5 Å². The molecule has 0 spiro atoms. The topological polar surface area (TPSA) is 95.3 Å². The van der Waals surface area contributed by atoms with Crippen LogP contribution in [-0.2, 0) is 16.6 Å². The van der Waals surface area contributed by atoms with Gasteiger partial charge in [-0.1, -0.05) is 0 Å². The number of likely N-dealkylation sites (tertiary alicyclic amines) is 1. The van der Waals surface area contributed by atoms with E-state index in [0.717, 1.165) is 25.1 Å². The van der Waals surface area contributed by atoms with Crippen LogP contribution >= 0.6 is 24.0 Å². The molecule has 2 fully saturated rings. The quantitative estimate of drug-likeness (QED) is 0.344. The number of carbonyl (C=O) groups is 2. The number of nitrogens with one attached hydrogen (secondary N) is 1. The second-order valence-electron chi connectivity index (χ2n) is 9.20. The maximum Gasteiger partial charge on any atom is 0.410 e. The summed E-state index contributed by atoms with van der Waals surface area (Å²) in [5.41, 5.74) is 0.328. The maximum absolute atomic E-state index is 12.7. The average Bonchev–Trinajstić information content (AvgIpc) is 3.13. The number of guanidine groups is 1. The molecule has 2 aliphatic heterocycles. The van der Waals surface area contributed by atoms with Crippen LogP contribution in [0.1, 0.15) is 33.6 Å². The van der Waals surface area contributed by atoms with E-state index in [9.17, 15) is 9.59 Å². The lowest BCUT2D eigenvalue weighted by molar-refractivity contribution is -0.120. The lowest BCUT2D eigenvalue weighted by Crippen LogP contribution is -2.56. The van der Waals surface area contributed by atoms with E-state index in [1.165, 1.54) is 0 Å². The normalized spacial score (nSPS) is 20.2. The molecule has 2 aliphatic rings. The zero-order chi connectivity index (χ0) is 22.6. The largest absolute Gasteiger partial charge is 0.444 e. The first kappa shape index (κ1) is 26.2. The van der Waals surface area contributed by atoms with E-state index in [1.54, 1.807) is 27.7 Å². The molecule has 2 amide bonds. The molecule has 180 valence electrons. The molecule has 1 unspecified atom stereocenters. The Morgan fingerprint density at radius 2 is 2.03 bits per heavy atom. The Bertz CT molecular complexity index is 821. The number of anilines is 1. The molecule has 1 atom stereocenters. The SMILES string of the molecule is CN=C(NCC1CCCN(C(=O)OC(C)(C)C)C1)N1CCN(c2cnn(C)c2)C(=O)C1.I. The van der Waals surface area contributed by atoms with Crippen molar-refractivity contribution in [2.75, 3.05) is 51.2 Å². The Hall–Kier alpha value is -2.05. The summed E-state index contributed by atoms with van der Waals surface area (Å²) in [6.07, 6.45) is 5.29. The molecule has 3 rings (SSSR count). The minimum Gasteiger partial charge on any atom is -0.444 e. The first-order valence-corrected chi connectivity index (χ1v) is 10.9. The maximum atomic E-state index is 12.7. The van der Waals surface area contributed by atoms with Gasteiger partial charge in [-0.15, -0.1) is 24.0 Å². The highest BCUT2D eigenvalue weighted by molar-refractivity contribution is 14.0. The summed E-state index contributed by atoms with van der Waals surface area (Å²) in [5.74, 6) is 1.05. The minimum absolute atomic E-state index is 0. The number of piperidine rings is 1. The molecule has 0 aliphatic carbocycles. The number of aliphatic imine (C=N–C) groups is 1. The zero-order valence-electron chi connectivity index (χ0n) is 19.7. The van der Waals surface area contributed by atoms with Crippen molar-refractivity contribution >= 4 is 47.6 Å². The predicted octanol–water partition coefficient (Wildman–Crippen LogP) is 1.91. The highest BCUT2D eigenvalue weighted by atomic mass is 127. The number of nitrogens with zero attached hydrogens (tertiary/aromatic N) is 6. The molecule has 2 saturated heterocycles. The van der Waals surface area contributed by atoms with E-state index in [1.807, 2.05) is 38.9 Å². The van der Waals surface area contributed by atoms with Crippen molar-refractivity contribution in [1.29, 1.82) is 0 Å². The molecule has 1 aromatic heterocycles. The molecule has 0 saturated carbocycles. The van der Waals surface area contributed by atoms with Crippen LogP contribution in [-0.4, -0.2) is 89.5 Å². The number of halogens is 1. The fourth-order valence-electron chi connectivity index (χ4n) is 3.97. The van der Waals surface area contributed by atoms with Crippen LogP contribution in [0.3, 0.4) is 0 Å². The molecule has 1 N–H and O–H groups in total. The van der Waals surface area contributed by atoms with Crippen LogP contribution in [0.2, 0.25) is 0 Å². The number of ether oxygens (including phenoxy) is 1. The van der Waals surface area contributed by atoms with Gasteiger partial charge >= 0.3 is 6.09 Å². The Labute approximate surface area is 207 Å². The number of hydrogen-bond donors (Lipinski definition) is 1. The number of aromatic nitrogens is 2. The van der Waals surface area contributed by atoms with Crippen LogP contribution in [0.5, 0.6) is 0 Å². The molecule has 1 aromatic rings. The lowest BCUT2D eigenvalue weighted by atomic mass is 9.98. The summed E-state index contributed by atoms with van der Waals surface area (Å²) < 4.78 is 7.21. The fraction of sp³-hybridized carbons (Fsp3) is 0.714. The number of aryl methyl sites for hydroxylation is 1. The highest BCUT2D eigenvalue weighted by Gasteiger charge is 2.30. The van der Waals surface area contributed by atoms with Crippen molar-refractivity contribution < 1.29 is 14.3 Å². The summed E-state index contributed by atoms with van der Waals surface area (Å²) >= 11 is 0. The van der Waals surface area contributed by atoms with Gasteiger partial charge in [-0.25, -0.2) is 4.79 Å². The third kappa shape index (κ3) is 6.97. The summed E-state index contributed by atoms with van der Waals surface area (Å²) in [5, 5.41) is 7.56. The molecule has 3 heterocycles. The van der Waals surface area contributed by atoms with Gasteiger partial charge in [0.05, 0.1) is 11.9 Å². The number of piperazine rings is 1. The lowest BCUT2D eigenvalue weighted by Gasteiger charge is -2.37. The molecule has 10 nitrogen and oxygen atoms in total. The van der Waals surface area contributed by atoms with Crippen LogP contribution in [0, 0.1) is 5.92 Å². The average molecular weight is 561 g/mol. The van der Waals surface area contributed by atoms with E-state index in [-0.39, 0.29) is 42.5 Å². The van der Waals surface area contributed by atoms with Gasteiger partial charge in [0.1, 0.15) is 12.1 Å². The third-order valence-corrected chi connectivity index (χ3v) is 5.45. The number of rotatable bonds is 3. The Morgan fingerprint density at radius 3 is 2.62 bits per heavy atom. The molecule has 0 bridgehead atoms. The van der Waals surface area contributed by atoms with Crippen LogP contribution in [0.4, 0.5) is 10.5 Å². The van der Waals surface area contributed by atoms with E-state index in [2.05, 4.69) is 15.4 Å². The van der Waals surface area contributed by atoms with Crippen LogP contribution < -0.4 is 10.2 Å². The number of amides is 2. The van der Waals surface area contributed by atoms with Crippen molar-refractivity contribution in [3.05, 3.63) is 12.4 Å². The van der Waals surface area contributed by atoms with E-state index in [0.29, 0.717) is 38.1 Å². The molecule has 11 heteroatoms. The van der Waals surface area contributed by atoms with E-state index >= 15 is 0 Å². The molecular formula is C21H36IN7O3. The van der Waals surface area contributed by atoms with Gasteiger partial charge in [-0.05, 0) is 39.5 Å². The van der Waals surface area contributed by atoms with Crippen molar-refractivity contribution in [2.45, 2.75) is 39.2 Å². The molecule has 32 heavy (non-hydrogen) atoms. The van der Waals surface area contributed by atoms with Gasteiger partial charge in [-0.2, -0.15) is 5.10 Å². The summed E-state index contributed by atoms with van der Waals surface area (Å²) in [6.45, 7) is 9.27. The highest BCUT2D eigenvalue weighted by Crippen LogP contribution is 2.19. The standard InChI is InChI=1S/C21H35N7O3.HI/c1-21(2,3)31-20(30)27-8-6-7-16(13-27)11-23-19(22-4)26-9-10-28(18(29)15-26)17-12-24-25(5)14-17;/h12,14,16H,6-11,13,15H2,1-5H3,(H,22,23);1H. The Balaban J connectivity index is 0.00000363. The number of hydrogen-bond acceptors (Lipinski definition) is 5. The molecule has 0 aromatic carbocycles. The van der Waals surface area contributed by atoms with Crippen LogP contribution in [0.25, 0.3) is 0 Å². The van der Waals surface area contributed by atoms with E-state index < -0.39 is 5.60 Å². The van der Waals surface area contributed by atoms with E-state index in [4.69, 9.17) is 4.74 Å². The second-order valence-corrected chi connectivity index (χ2v) is 9.20. The van der Waals surface area contributed by atoms with Gasteiger partial charge < -0.3 is 24.8 Å². The summed E-state index contributed by atoms with van der Waals surface area (Å²) in [4.78, 5) is 35.0.